The maximum atomic E-state index is 11.1. The Morgan fingerprint density at radius 1 is 1.04 bits per heavy atom. The molecule has 0 aliphatic carbocycles. The summed E-state index contributed by atoms with van der Waals surface area (Å²) in [5.41, 5.74) is 7.06. The Hall–Kier alpha value is -2.40. The summed E-state index contributed by atoms with van der Waals surface area (Å²) in [6.07, 6.45) is 2.83. The molecule has 2 aromatic rings. The van der Waals surface area contributed by atoms with E-state index in [9.17, 15) is 4.79 Å². The van der Waals surface area contributed by atoms with Crippen molar-refractivity contribution in [2.75, 3.05) is 37.6 Å². The molecule has 2 N–H and O–H groups in total. The third-order valence-electron chi connectivity index (χ3n) is 4.30. The fourth-order valence-electron chi connectivity index (χ4n) is 2.86. The average molecular weight is 310 g/mol. The van der Waals surface area contributed by atoms with E-state index in [1.165, 1.54) is 5.56 Å². The topological polar surface area (TPSA) is 62.5 Å². The van der Waals surface area contributed by atoms with Crippen LogP contribution in [0.4, 0.5) is 5.82 Å². The second kappa shape index (κ2) is 7.24. The quantitative estimate of drug-likeness (QED) is 0.910. The van der Waals surface area contributed by atoms with Crippen LogP contribution in [0.25, 0.3) is 0 Å². The van der Waals surface area contributed by atoms with E-state index in [-0.39, 0.29) is 5.91 Å². The van der Waals surface area contributed by atoms with E-state index in [0.717, 1.165) is 45.0 Å². The molecule has 5 heteroatoms. The summed E-state index contributed by atoms with van der Waals surface area (Å²) in [5, 5.41) is 0. The van der Waals surface area contributed by atoms with Crippen LogP contribution in [0.15, 0.2) is 48.7 Å². The lowest BCUT2D eigenvalue weighted by atomic mass is 10.1. The maximum absolute atomic E-state index is 11.1. The summed E-state index contributed by atoms with van der Waals surface area (Å²) in [6.45, 7) is 5.16. The zero-order valence-corrected chi connectivity index (χ0v) is 13.2. The van der Waals surface area contributed by atoms with Crippen LogP contribution >= 0.6 is 0 Å². The maximum Gasteiger partial charge on any atom is 0.248 e. The molecule has 1 saturated heterocycles. The first-order valence-corrected chi connectivity index (χ1v) is 7.99. The fraction of sp³-hybridized carbons (Fsp3) is 0.333. The molecular formula is C18H22N4O. The van der Waals surface area contributed by atoms with Crippen LogP contribution in [0.1, 0.15) is 15.9 Å². The van der Waals surface area contributed by atoms with Gasteiger partial charge < -0.3 is 10.6 Å². The van der Waals surface area contributed by atoms with Crippen LogP contribution in [0.5, 0.6) is 0 Å². The van der Waals surface area contributed by atoms with Crippen molar-refractivity contribution in [3.63, 3.8) is 0 Å². The number of primary amides is 1. The Bertz CT molecular complexity index is 634. The predicted molar refractivity (Wildman–Crippen MR) is 91.6 cm³/mol. The van der Waals surface area contributed by atoms with Crippen molar-refractivity contribution in [2.45, 2.75) is 6.42 Å². The van der Waals surface area contributed by atoms with E-state index in [1.807, 2.05) is 30.5 Å². The molecule has 0 radical (unpaired) electrons. The standard InChI is InChI=1S/C18H22N4O/c19-18(23)16-6-4-15(5-7-16)8-10-21-11-13-22(14-12-21)17-3-1-2-9-20-17/h1-7,9H,8,10-14H2,(H2,19,23). The number of aromatic nitrogens is 1. The van der Waals surface area contributed by atoms with Crippen molar-refractivity contribution in [1.29, 1.82) is 0 Å². The monoisotopic (exact) mass is 310 g/mol. The smallest absolute Gasteiger partial charge is 0.248 e. The largest absolute Gasteiger partial charge is 0.366 e. The van der Waals surface area contributed by atoms with Gasteiger partial charge in [-0.05, 0) is 36.2 Å². The Balaban J connectivity index is 1.46. The number of hydrogen-bond donors (Lipinski definition) is 1. The molecule has 1 fully saturated rings. The van der Waals surface area contributed by atoms with Gasteiger partial charge in [0.25, 0.3) is 0 Å². The highest BCUT2D eigenvalue weighted by atomic mass is 16.1. The highest BCUT2D eigenvalue weighted by Crippen LogP contribution is 2.13. The van der Waals surface area contributed by atoms with Crippen molar-refractivity contribution < 1.29 is 4.79 Å². The summed E-state index contributed by atoms with van der Waals surface area (Å²) in [7, 11) is 0. The number of hydrogen-bond acceptors (Lipinski definition) is 4. The number of benzene rings is 1. The highest BCUT2D eigenvalue weighted by Gasteiger charge is 2.17. The molecule has 1 aromatic heterocycles. The molecule has 5 nitrogen and oxygen atoms in total. The minimum absolute atomic E-state index is 0.373. The third kappa shape index (κ3) is 4.07. The first-order chi connectivity index (χ1) is 11.2. The minimum Gasteiger partial charge on any atom is -0.366 e. The lowest BCUT2D eigenvalue weighted by molar-refractivity contribution is 0.100. The molecule has 0 saturated carbocycles. The molecule has 0 bridgehead atoms. The molecule has 23 heavy (non-hydrogen) atoms. The van der Waals surface area contributed by atoms with Gasteiger partial charge in [-0.25, -0.2) is 4.98 Å². The Kier molecular flexibility index (Phi) is 4.88. The van der Waals surface area contributed by atoms with Gasteiger partial charge in [0.05, 0.1) is 0 Å². The summed E-state index contributed by atoms with van der Waals surface area (Å²) in [6, 6.07) is 13.6. The third-order valence-corrected chi connectivity index (χ3v) is 4.30. The molecule has 1 aliphatic heterocycles. The van der Waals surface area contributed by atoms with Gasteiger partial charge in [0.15, 0.2) is 0 Å². The van der Waals surface area contributed by atoms with Gasteiger partial charge in [0.1, 0.15) is 5.82 Å². The number of anilines is 1. The average Bonchev–Trinajstić information content (AvgIpc) is 2.61. The van der Waals surface area contributed by atoms with E-state index >= 15 is 0 Å². The second-order valence-electron chi connectivity index (χ2n) is 5.83. The Labute approximate surface area is 136 Å². The zero-order valence-electron chi connectivity index (χ0n) is 13.2. The summed E-state index contributed by atoms with van der Waals surface area (Å²) in [4.78, 5) is 20.3. The lowest BCUT2D eigenvalue weighted by Gasteiger charge is -2.35. The number of carbonyl (C=O) groups excluding carboxylic acids is 1. The summed E-state index contributed by atoms with van der Waals surface area (Å²) < 4.78 is 0. The van der Waals surface area contributed by atoms with Crippen LogP contribution in [0.2, 0.25) is 0 Å². The van der Waals surface area contributed by atoms with Gasteiger partial charge in [-0.1, -0.05) is 18.2 Å². The minimum atomic E-state index is -0.373. The van der Waals surface area contributed by atoms with Gasteiger partial charge in [-0.3, -0.25) is 9.69 Å². The number of piperazine rings is 1. The van der Waals surface area contributed by atoms with Crippen molar-refractivity contribution in [1.82, 2.24) is 9.88 Å². The molecule has 0 spiro atoms. The lowest BCUT2D eigenvalue weighted by Crippen LogP contribution is -2.47. The molecule has 1 aromatic carbocycles. The van der Waals surface area contributed by atoms with Crippen LogP contribution < -0.4 is 10.6 Å². The SMILES string of the molecule is NC(=O)c1ccc(CCN2CCN(c3ccccn3)CC2)cc1. The first kappa shape index (κ1) is 15.5. The van der Waals surface area contributed by atoms with E-state index in [2.05, 4.69) is 20.9 Å². The molecule has 1 amide bonds. The van der Waals surface area contributed by atoms with Crippen molar-refractivity contribution in [3.8, 4) is 0 Å². The molecule has 120 valence electrons. The highest BCUT2D eigenvalue weighted by molar-refractivity contribution is 5.92. The van der Waals surface area contributed by atoms with E-state index in [0.29, 0.717) is 5.56 Å². The predicted octanol–water partition coefficient (Wildman–Crippen LogP) is 1.55. The van der Waals surface area contributed by atoms with Crippen molar-refractivity contribution in [2.24, 2.45) is 5.73 Å². The number of nitrogens with zero attached hydrogens (tertiary/aromatic N) is 3. The molecule has 0 atom stereocenters. The van der Waals surface area contributed by atoms with E-state index < -0.39 is 0 Å². The van der Waals surface area contributed by atoms with Gasteiger partial charge in [-0.2, -0.15) is 0 Å². The first-order valence-electron chi connectivity index (χ1n) is 7.99. The van der Waals surface area contributed by atoms with Gasteiger partial charge in [-0.15, -0.1) is 0 Å². The van der Waals surface area contributed by atoms with Crippen LogP contribution in [-0.2, 0) is 6.42 Å². The van der Waals surface area contributed by atoms with E-state index in [1.54, 1.807) is 12.1 Å². The van der Waals surface area contributed by atoms with Crippen LogP contribution in [0.3, 0.4) is 0 Å². The second-order valence-corrected chi connectivity index (χ2v) is 5.83. The Morgan fingerprint density at radius 2 is 1.78 bits per heavy atom. The van der Waals surface area contributed by atoms with Crippen molar-refractivity contribution in [3.05, 3.63) is 59.8 Å². The number of rotatable bonds is 5. The van der Waals surface area contributed by atoms with Crippen molar-refractivity contribution >= 4 is 11.7 Å². The normalized spacial score (nSPS) is 15.6. The number of pyridine rings is 1. The van der Waals surface area contributed by atoms with Gasteiger partial charge in [0, 0.05) is 44.5 Å². The van der Waals surface area contributed by atoms with Crippen LogP contribution in [-0.4, -0.2) is 48.5 Å². The molecule has 1 aliphatic rings. The molecular weight excluding hydrogens is 288 g/mol. The van der Waals surface area contributed by atoms with Gasteiger partial charge >= 0.3 is 0 Å². The van der Waals surface area contributed by atoms with E-state index in [4.69, 9.17) is 5.73 Å². The van der Waals surface area contributed by atoms with Gasteiger partial charge in [0.2, 0.25) is 5.91 Å². The van der Waals surface area contributed by atoms with Crippen LogP contribution in [0, 0.1) is 0 Å². The molecule has 3 rings (SSSR count). The molecule has 0 unspecified atom stereocenters. The fourth-order valence-corrected chi connectivity index (χ4v) is 2.86. The number of carbonyl (C=O) groups is 1. The summed E-state index contributed by atoms with van der Waals surface area (Å²) >= 11 is 0. The molecule has 2 heterocycles. The zero-order chi connectivity index (χ0) is 16.1. The summed E-state index contributed by atoms with van der Waals surface area (Å²) in [5.74, 6) is 0.691. The number of nitrogens with two attached hydrogens (primary N) is 1. The number of amides is 1. The Morgan fingerprint density at radius 3 is 2.39 bits per heavy atom.